The van der Waals surface area contributed by atoms with Crippen molar-refractivity contribution in [1.82, 2.24) is 5.32 Å². The van der Waals surface area contributed by atoms with Crippen molar-refractivity contribution in [3.05, 3.63) is 58.6 Å². The molecule has 0 radical (unpaired) electrons. The van der Waals surface area contributed by atoms with E-state index in [1.54, 1.807) is 38.5 Å². The maximum Gasteiger partial charge on any atom is 0.261 e. The molecule has 3 rings (SSSR count). The first-order valence-electron chi connectivity index (χ1n) is 8.58. The molecule has 3 aromatic carbocycles. The molecule has 29 heavy (non-hydrogen) atoms. The largest absolute Gasteiger partial charge is 0.497 e. The van der Waals surface area contributed by atoms with Gasteiger partial charge in [0.1, 0.15) is 17.2 Å². The molecule has 6 nitrogen and oxygen atoms in total. The lowest BCUT2D eigenvalue weighted by Gasteiger charge is -2.16. The zero-order valence-electron chi connectivity index (χ0n) is 16.0. The number of benzene rings is 3. The lowest BCUT2D eigenvalue weighted by Crippen LogP contribution is -2.34. The van der Waals surface area contributed by atoms with Crippen molar-refractivity contribution in [2.75, 3.05) is 26.6 Å². The summed E-state index contributed by atoms with van der Waals surface area (Å²) in [5, 5.41) is 7.62. The van der Waals surface area contributed by atoms with E-state index in [0.29, 0.717) is 33.0 Å². The molecule has 1 amide bonds. The average molecular weight is 475 g/mol. The van der Waals surface area contributed by atoms with Gasteiger partial charge in [0.2, 0.25) is 0 Å². The maximum atomic E-state index is 12.9. The number of fused-ring (bicyclic) bond motifs is 1. The molecule has 0 bridgehead atoms. The van der Waals surface area contributed by atoms with Gasteiger partial charge in [-0.1, -0.05) is 24.3 Å². The summed E-state index contributed by atoms with van der Waals surface area (Å²) in [4.78, 5) is 12.9. The quantitative estimate of drug-likeness (QED) is 0.519. The van der Waals surface area contributed by atoms with Crippen LogP contribution in [0.2, 0.25) is 0 Å². The number of rotatable bonds is 5. The minimum absolute atomic E-state index is 0.118. The Hall–Kier alpha value is -2.84. The maximum absolute atomic E-state index is 12.9. The molecule has 0 saturated heterocycles. The SMILES string of the molecule is COc1ccc(OC)c(NC(=S)NC(=O)c2cc3ccccc3c(Br)c2OC)c1. The van der Waals surface area contributed by atoms with Crippen LogP contribution in [0.3, 0.4) is 0 Å². The highest BCUT2D eigenvalue weighted by Gasteiger charge is 2.19. The van der Waals surface area contributed by atoms with E-state index >= 15 is 0 Å². The van der Waals surface area contributed by atoms with Crippen LogP contribution in [0.25, 0.3) is 10.8 Å². The summed E-state index contributed by atoms with van der Waals surface area (Å²) in [6, 6.07) is 14.7. The van der Waals surface area contributed by atoms with Crippen molar-refractivity contribution in [2.24, 2.45) is 0 Å². The van der Waals surface area contributed by atoms with E-state index in [-0.39, 0.29) is 5.11 Å². The molecule has 0 aliphatic rings. The van der Waals surface area contributed by atoms with E-state index in [4.69, 9.17) is 26.4 Å². The predicted molar refractivity (Wildman–Crippen MR) is 121 cm³/mol. The number of nitrogens with one attached hydrogen (secondary N) is 2. The zero-order valence-corrected chi connectivity index (χ0v) is 18.4. The fraction of sp³-hybridized carbons (Fsp3) is 0.143. The number of methoxy groups -OCH3 is 3. The van der Waals surface area contributed by atoms with E-state index < -0.39 is 5.91 Å². The molecule has 0 unspecified atom stereocenters. The first-order chi connectivity index (χ1) is 14.0. The van der Waals surface area contributed by atoms with E-state index in [2.05, 4.69) is 26.6 Å². The molecule has 150 valence electrons. The standard InChI is InChI=1S/C21H19BrN2O4S/c1-26-13-8-9-17(27-2)16(11-13)23-21(29)24-20(25)15-10-12-6-4-5-7-14(12)18(22)19(15)28-3/h4-11H,1-3H3,(H2,23,24,25,29). The van der Waals surface area contributed by atoms with Gasteiger partial charge in [-0.2, -0.15) is 0 Å². The number of hydrogen-bond donors (Lipinski definition) is 2. The molecule has 0 aliphatic heterocycles. The molecule has 0 saturated carbocycles. The lowest BCUT2D eigenvalue weighted by atomic mass is 10.1. The van der Waals surface area contributed by atoms with Crippen molar-refractivity contribution >= 4 is 55.6 Å². The van der Waals surface area contributed by atoms with Gasteiger partial charge in [0.15, 0.2) is 5.11 Å². The molecule has 2 N–H and O–H groups in total. The Morgan fingerprint density at radius 2 is 1.76 bits per heavy atom. The molecule has 0 heterocycles. The molecular formula is C21H19BrN2O4S. The highest BCUT2D eigenvalue weighted by Crippen LogP contribution is 2.36. The minimum atomic E-state index is -0.396. The van der Waals surface area contributed by atoms with Gasteiger partial charge in [-0.05, 0) is 57.1 Å². The van der Waals surface area contributed by atoms with Gasteiger partial charge < -0.3 is 19.5 Å². The number of carbonyl (C=O) groups excluding carboxylic acids is 1. The van der Waals surface area contributed by atoms with Gasteiger partial charge in [-0.25, -0.2) is 0 Å². The van der Waals surface area contributed by atoms with Crippen LogP contribution in [0.1, 0.15) is 10.4 Å². The van der Waals surface area contributed by atoms with Gasteiger partial charge in [-0.3, -0.25) is 10.1 Å². The number of carbonyl (C=O) groups is 1. The van der Waals surface area contributed by atoms with Gasteiger partial charge in [-0.15, -0.1) is 0 Å². The van der Waals surface area contributed by atoms with Crippen LogP contribution in [0.5, 0.6) is 17.2 Å². The van der Waals surface area contributed by atoms with Crippen molar-refractivity contribution in [3.8, 4) is 17.2 Å². The van der Waals surface area contributed by atoms with Crippen molar-refractivity contribution in [1.29, 1.82) is 0 Å². The number of ether oxygens (including phenoxy) is 3. The van der Waals surface area contributed by atoms with Crippen LogP contribution in [0, 0.1) is 0 Å². The molecule has 0 atom stereocenters. The number of hydrogen-bond acceptors (Lipinski definition) is 5. The van der Waals surface area contributed by atoms with Crippen LogP contribution in [-0.2, 0) is 0 Å². The first-order valence-corrected chi connectivity index (χ1v) is 9.78. The first kappa shape index (κ1) is 20.9. The highest BCUT2D eigenvalue weighted by atomic mass is 79.9. The lowest BCUT2D eigenvalue weighted by molar-refractivity contribution is 0.0975. The second-order valence-electron chi connectivity index (χ2n) is 5.97. The number of anilines is 1. The zero-order chi connectivity index (χ0) is 21.0. The molecule has 0 spiro atoms. The topological polar surface area (TPSA) is 68.8 Å². The van der Waals surface area contributed by atoms with Crippen LogP contribution >= 0.6 is 28.1 Å². The molecule has 0 aliphatic carbocycles. The Labute approximate surface area is 182 Å². The normalized spacial score (nSPS) is 10.3. The van der Waals surface area contributed by atoms with Crippen molar-refractivity contribution in [2.45, 2.75) is 0 Å². The summed E-state index contributed by atoms with van der Waals surface area (Å²) in [5.41, 5.74) is 0.934. The van der Waals surface area contributed by atoms with Gasteiger partial charge in [0, 0.05) is 6.07 Å². The Balaban J connectivity index is 1.86. The summed E-state index contributed by atoms with van der Waals surface area (Å²) < 4.78 is 16.7. The van der Waals surface area contributed by atoms with Crippen LogP contribution in [-0.4, -0.2) is 32.3 Å². The monoisotopic (exact) mass is 474 g/mol. The number of thiocarbonyl (C=S) groups is 1. The third-order valence-corrected chi connectivity index (χ3v) is 5.26. The summed E-state index contributed by atoms with van der Waals surface area (Å²) >= 11 is 8.85. The van der Waals surface area contributed by atoms with E-state index in [9.17, 15) is 4.79 Å². The van der Waals surface area contributed by atoms with Crippen LogP contribution in [0.15, 0.2) is 53.0 Å². The summed E-state index contributed by atoms with van der Waals surface area (Å²) in [7, 11) is 4.63. The van der Waals surface area contributed by atoms with E-state index in [0.717, 1.165) is 10.8 Å². The average Bonchev–Trinajstić information content (AvgIpc) is 2.73. The highest BCUT2D eigenvalue weighted by molar-refractivity contribution is 9.10. The van der Waals surface area contributed by atoms with Gasteiger partial charge >= 0.3 is 0 Å². The molecule has 0 fully saturated rings. The minimum Gasteiger partial charge on any atom is -0.497 e. The Kier molecular flexibility index (Phi) is 6.56. The second kappa shape index (κ2) is 9.11. The fourth-order valence-corrected chi connectivity index (χ4v) is 3.83. The number of amides is 1. The Morgan fingerprint density at radius 1 is 1.00 bits per heavy atom. The number of halogens is 1. The predicted octanol–water partition coefficient (Wildman–Crippen LogP) is 4.75. The second-order valence-corrected chi connectivity index (χ2v) is 7.17. The fourth-order valence-electron chi connectivity index (χ4n) is 2.89. The van der Waals surface area contributed by atoms with Gasteiger partial charge in [0.05, 0.1) is 37.1 Å². The summed E-state index contributed by atoms with van der Waals surface area (Å²) in [6.07, 6.45) is 0. The van der Waals surface area contributed by atoms with Crippen LogP contribution in [0.4, 0.5) is 5.69 Å². The third kappa shape index (κ3) is 4.44. The van der Waals surface area contributed by atoms with Gasteiger partial charge in [0.25, 0.3) is 5.91 Å². The molecular weight excluding hydrogens is 456 g/mol. The summed E-state index contributed by atoms with van der Waals surface area (Å²) in [5.74, 6) is 1.23. The van der Waals surface area contributed by atoms with Crippen molar-refractivity contribution < 1.29 is 19.0 Å². The van der Waals surface area contributed by atoms with Crippen LogP contribution < -0.4 is 24.8 Å². The van der Waals surface area contributed by atoms with E-state index in [1.807, 2.05) is 24.3 Å². The summed E-state index contributed by atoms with van der Waals surface area (Å²) in [6.45, 7) is 0. The third-order valence-electron chi connectivity index (χ3n) is 4.27. The Morgan fingerprint density at radius 3 is 2.45 bits per heavy atom. The smallest absolute Gasteiger partial charge is 0.261 e. The molecule has 8 heteroatoms. The van der Waals surface area contributed by atoms with E-state index in [1.165, 1.54) is 7.11 Å². The molecule has 3 aromatic rings. The Bertz CT molecular complexity index is 1090. The van der Waals surface area contributed by atoms with Crippen molar-refractivity contribution in [3.63, 3.8) is 0 Å². The molecule has 0 aromatic heterocycles.